The first-order valence-electron chi connectivity index (χ1n) is 9.43. The summed E-state index contributed by atoms with van der Waals surface area (Å²) in [6, 6.07) is 4.14. The summed E-state index contributed by atoms with van der Waals surface area (Å²) in [5, 5.41) is 15.6. The fourth-order valence-electron chi connectivity index (χ4n) is 3.34. The normalized spacial score (nSPS) is 14.4. The van der Waals surface area contributed by atoms with E-state index in [0.29, 0.717) is 25.9 Å². The van der Waals surface area contributed by atoms with Gasteiger partial charge in [0.2, 0.25) is 0 Å². The molecule has 1 fully saturated rings. The van der Waals surface area contributed by atoms with E-state index in [1.165, 1.54) is 29.5 Å². The molecule has 1 saturated heterocycles. The average molecular weight is 496 g/mol. The highest BCUT2D eigenvalue weighted by Gasteiger charge is 2.29. The molecular formula is C19H15ClFN5O4S2. The highest BCUT2D eigenvalue weighted by molar-refractivity contribution is 7.18. The van der Waals surface area contributed by atoms with E-state index in [-0.39, 0.29) is 32.3 Å². The van der Waals surface area contributed by atoms with Crippen LogP contribution in [-0.4, -0.2) is 44.7 Å². The van der Waals surface area contributed by atoms with Crippen molar-refractivity contribution in [3.05, 3.63) is 67.0 Å². The third-order valence-corrected chi connectivity index (χ3v) is 7.14. The Hall–Kier alpha value is -2.96. The maximum absolute atomic E-state index is 14.1. The van der Waals surface area contributed by atoms with Crippen molar-refractivity contribution in [2.75, 3.05) is 18.4 Å². The van der Waals surface area contributed by atoms with Crippen molar-refractivity contribution >= 4 is 56.2 Å². The summed E-state index contributed by atoms with van der Waals surface area (Å²) < 4.78 is 14.1. The van der Waals surface area contributed by atoms with Gasteiger partial charge in [0, 0.05) is 24.4 Å². The number of thiazole rings is 2. The zero-order valence-electron chi connectivity index (χ0n) is 16.3. The number of nitrogens with zero attached hydrogens (tertiary/aromatic N) is 4. The summed E-state index contributed by atoms with van der Waals surface area (Å²) >= 11 is 8.10. The van der Waals surface area contributed by atoms with Crippen LogP contribution in [0.5, 0.6) is 0 Å². The van der Waals surface area contributed by atoms with E-state index in [1.807, 2.05) is 0 Å². The van der Waals surface area contributed by atoms with E-state index in [1.54, 1.807) is 10.3 Å². The van der Waals surface area contributed by atoms with E-state index >= 15 is 0 Å². The molecule has 13 heteroatoms. The minimum Gasteiger partial charge on any atom is -0.338 e. The number of benzene rings is 1. The van der Waals surface area contributed by atoms with Gasteiger partial charge in [-0.15, -0.1) is 11.3 Å². The van der Waals surface area contributed by atoms with E-state index in [2.05, 4.69) is 15.3 Å². The predicted molar refractivity (Wildman–Crippen MR) is 118 cm³/mol. The first kappa shape index (κ1) is 22.2. The summed E-state index contributed by atoms with van der Waals surface area (Å²) in [4.78, 5) is 45.0. The number of likely N-dealkylation sites (tertiary alicyclic amines) is 1. The number of hydrogen-bond acceptors (Lipinski definition) is 8. The number of nitrogens with one attached hydrogen (secondary N) is 1. The maximum Gasteiger partial charge on any atom is 0.345 e. The quantitative estimate of drug-likeness (QED) is 0.409. The van der Waals surface area contributed by atoms with Crippen LogP contribution in [0.3, 0.4) is 0 Å². The van der Waals surface area contributed by atoms with Gasteiger partial charge in [-0.2, -0.15) is 0 Å². The molecule has 166 valence electrons. The number of carbonyl (C=O) groups is 2. The summed E-state index contributed by atoms with van der Waals surface area (Å²) in [5.41, 5.74) is 0.0720. The molecule has 1 aliphatic heterocycles. The van der Waals surface area contributed by atoms with Gasteiger partial charge in [0.25, 0.3) is 11.8 Å². The summed E-state index contributed by atoms with van der Waals surface area (Å²) in [7, 11) is 0. The van der Waals surface area contributed by atoms with Gasteiger partial charge < -0.3 is 4.90 Å². The number of carbonyl (C=O) groups excluding carboxylic acids is 2. The van der Waals surface area contributed by atoms with Crippen LogP contribution in [-0.2, 0) is 0 Å². The molecular weight excluding hydrogens is 481 g/mol. The van der Waals surface area contributed by atoms with Gasteiger partial charge >= 0.3 is 5.00 Å². The second-order valence-corrected chi connectivity index (χ2v) is 9.25. The molecule has 0 saturated carbocycles. The molecule has 2 aromatic heterocycles. The molecule has 0 atom stereocenters. The number of aromatic nitrogens is 2. The summed E-state index contributed by atoms with van der Waals surface area (Å²) in [6.45, 7) is 0.829. The van der Waals surface area contributed by atoms with Gasteiger partial charge in [-0.3, -0.25) is 25.0 Å². The molecule has 1 N–H and O–H groups in total. The van der Waals surface area contributed by atoms with Crippen molar-refractivity contribution in [2.24, 2.45) is 0 Å². The van der Waals surface area contributed by atoms with E-state index in [0.717, 1.165) is 22.5 Å². The van der Waals surface area contributed by atoms with E-state index < -0.39 is 22.6 Å². The van der Waals surface area contributed by atoms with Crippen molar-refractivity contribution in [1.29, 1.82) is 0 Å². The molecule has 2 amide bonds. The van der Waals surface area contributed by atoms with Crippen LogP contribution in [0.4, 0.5) is 14.5 Å². The van der Waals surface area contributed by atoms with Gasteiger partial charge in [0.05, 0.1) is 20.5 Å². The lowest BCUT2D eigenvalue weighted by Gasteiger charge is -2.31. The Morgan fingerprint density at radius 3 is 2.72 bits per heavy atom. The number of rotatable bonds is 5. The molecule has 1 aromatic carbocycles. The molecule has 0 unspecified atom stereocenters. The highest BCUT2D eigenvalue weighted by Crippen LogP contribution is 2.32. The van der Waals surface area contributed by atoms with Crippen LogP contribution in [0.2, 0.25) is 5.02 Å². The number of hydrogen-bond donors (Lipinski definition) is 1. The molecule has 3 heterocycles. The topological polar surface area (TPSA) is 118 Å². The number of amides is 2. The number of piperidine rings is 1. The Bertz CT molecular complexity index is 1170. The Labute approximate surface area is 194 Å². The predicted octanol–water partition coefficient (Wildman–Crippen LogP) is 4.57. The Kier molecular flexibility index (Phi) is 6.44. The minimum atomic E-state index is -0.647. The first-order chi connectivity index (χ1) is 15.3. The van der Waals surface area contributed by atoms with Crippen molar-refractivity contribution in [3.63, 3.8) is 0 Å². The molecule has 0 bridgehead atoms. The third-order valence-electron chi connectivity index (χ3n) is 4.96. The second-order valence-electron chi connectivity index (χ2n) is 6.95. The van der Waals surface area contributed by atoms with Crippen LogP contribution < -0.4 is 5.32 Å². The summed E-state index contributed by atoms with van der Waals surface area (Å²) in [5.74, 6) is -1.53. The largest absolute Gasteiger partial charge is 0.345 e. The SMILES string of the molecule is O=C(Nc1ncc([N+](=O)[O-])s1)c1csc(C2CCN(C(=O)c3c(F)cccc3Cl)CC2)n1. The molecule has 32 heavy (non-hydrogen) atoms. The molecule has 4 rings (SSSR count). The molecule has 0 radical (unpaired) electrons. The Balaban J connectivity index is 1.37. The Morgan fingerprint density at radius 2 is 2.06 bits per heavy atom. The Morgan fingerprint density at radius 1 is 1.31 bits per heavy atom. The van der Waals surface area contributed by atoms with Crippen molar-refractivity contribution in [3.8, 4) is 0 Å². The average Bonchev–Trinajstić information content (AvgIpc) is 3.44. The fourth-order valence-corrected chi connectivity index (χ4v) is 5.18. The van der Waals surface area contributed by atoms with E-state index in [9.17, 15) is 24.1 Å². The highest BCUT2D eigenvalue weighted by atomic mass is 35.5. The molecule has 9 nitrogen and oxygen atoms in total. The number of halogens is 2. The smallest absolute Gasteiger partial charge is 0.338 e. The van der Waals surface area contributed by atoms with Crippen LogP contribution in [0.1, 0.15) is 44.6 Å². The second kappa shape index (κ2) is 9.27. The lowest BCUT2D eigenvalue weighted by Crippen LogP contribution is -2.38. The zero-order valence-corrected chi connectivity index (χ0v) is 18.7. The van der Waals surface area contributed by atoms with Crippen LogP contribution >= 0.6 is 34.3 Å². The maximum atomic E-state index is 14.1. The van der Waals surface area contributed by atoms with Crippen molar-refractivity contribution in [1.82, 2.24) is 14.9 Å². The van der Waals surface area contributed by atoms with Crippen molar-refractivity contribution < 1.29 is 18.9 Å². The first-order valence-corrected chi connectivity index (χ1v) is 11.5. The monoisotopic (exact) mass is 495 g/mol. The molecule has 1 aliphatic rings. The van der Waals surface area contributed by atoms with Gasteiger partial charge in [0.1, 0.15) is 17.7 Å². The zero-order chi connectivity index (χ0) is 22.8. The van der Waals surface area contributed by atoms with E-state index in [4.69, 9.17) is 11.6 Å². The molecule has 3 aromatic rings. The minimum absolute atomic E-state index is 0.0580. The number of nitro groups is 1. The van der Waals surface area contributed by atoms with Crippen LogP contribution in [0.25, 0.3) is 0 Å². The molecule has 0 spiro atoms. The fraction of sp³-hybridized carbons (Fsp3) is 0.263. The van der Waals surface area contributed by atoms with Crippen molar-refractivity contribution in [2.45, 2.75) is 18.8 Å². The number of anilines is 1. The van der Waals surface area contributed by atoms with Crippen LogP contribution in [0.15, 0.2) is 29.8 Å². The third kappa shape index (κ3) is 4.61. The van der Waals surface area contributed by atoms with Gasteiger partial charge in [-0.25, -0.2) is 14.4 Å². The summed E-state index contributed by atoms with van der Waals surface area (Å²) in [6.07, 6.45) is 2.31. The van der Waals surface area contributed by atoms with Crippen LogP contribution in [0, 0.1) is 15.9 Å². The lowest BCUT2D eigenvalue weighted by atomic mass is 9.97. The van der Waals surface area contributed by atoms with Gasteiger partial charge in [-0.05, 0) is 36.3 Å². The molecule has 0 aliphatic carbocycles. The standard InChI is InChI=1S/C19H15ClFN5O4S2/c20-11-2-1-3-12(21)15(11)18(28)25-6-4-10(5-7-25)17-23-13(9-31-17)16(27)24-19-22-8-14(32-19)26(29)30/h1-3,8-10H,4-7H2,(H,22,24,27). The van der Waals surface area contributed by atoms with Gasteiger partial charge in [0.15, 0.2) is 5.13 Å². The van der Waals surface area contributed by atoms with Gasteiger partial charge in [-0.1, -0.05) is 17.7 Å². The lowest BCUT2D eigenvalue weighted by molar-refractivity contribution is -0.380.